The van der Waals surface area contributed by atoms with Crippen LogP contribution in [0.1, 0.15) is 0 Å². The molecule has 0 aliphatic carbocycles. The van der Waals surface area contributed by atoms with Gasteiger partial charge in [0.2, 0.25) is 0 Å². The van der Waals surface area contributed by atoms with Gasteiger partial charge in [0.15, 0.2) is 6.33 Å². The van der Waals surface area contributed by atoms with Crippen molar-refractivity contribution >= 4 is 10.9 Å². The highest BCUT2D eigenvalue weighted by Crippen LogP contribution is 2.07. The van der Waals surface area contributed by atoms with Gasteiger partial charge in [-0.15, -0.1) is 0 Å². The molecule has 0 aromatic carbocycles. The summed E-state index contributed by atoms with van der Waals surface area (Å²) in [4.78, 5) is 7.50. The number of nitrogens with zero attached hydrogens (tertiary/aromatic N) is 2. The summed E-state index contributed by atoms with van der Waals surface area (Å²) in [7, 11) is 0. The second-order valence-corrected chi connectivity index (χ2v) is 1.68. The lowest BCUT2D eigenvalue weighted by Gasteiger charge is -1.78. The molecular formula is C6H3N2O. The first-order chi connectivity index (χ1) is 4.47. The van der Waals surface area contributed by atoms with Gasteiger partial charge in [-0.2, -0.15) is 0 Å². The molecule has 2 heterocycles. The summed E-state index contributed by atoms with van der Waals surface area (Å²) < 4.78 is 4.84. The Balaban J connectivity index is 2.95. The molecule has 0 bridgehead atoms. The maximum Gasteiger partial charge on any atom is 0.198 e. The van der Waals surface area contributed by atoms with Crippen LogP contribution in [0.2, 0.25) is 0 Å². The summed E-state index contributed by atoms with van der Waals surface area (Å²) in [5.74, 6) is 0. The highest BCUT2D eigenvalue weighted by atomic mass is 16.3. The van der Waals surface area contributed by atoms with E-state index in [9.17, 15) is 0 Å². The Hall–Kier alpha value is -1.38. The monoisotopic (exact) mass is 119 g/mol. The van der Waals surface area contributed by atoms with E-state index in [-0.39, 0.29) is 0 Å². The predicted molar refractivity (Wildman–Crippen MR) is 30.6 cm³/mol. The maximum atomic E-state index is 4.84. The number of fused-ring (bicyclic) bond motifs is 1. The van der Waals surface area contributed by atoms with Gasteiger partial charge in [-0.05, 0) is 0 Å². The highest BCUT2D eigenvalue weighted by molar-refractivity contribution is 5.74. The Labute approximate surface area is 51.3 Å². The van der Waals surface area contributed by atoms with Gasteiger partial charge in [0, 0.05) is 6.20 Å². The normalized spacial score (nSPS) is 10.2. The first-order valence-corrected chi connectivity index (χ1v) is 2.52. The predicted octanol–water partition coefficient (Wildman–Crippen LogP) is 1.02. The zero-order valence-corrected chi connectivity index (χ0v) is 4.53. The van der Waals surface area contributed by atoms with E-state index in [1.165, 1.54) is 0 Å². The molecule has 0 saturated carbocycles. The van der Waals surface area contributed by atoms with E-state index in [1.807, 2.05) is 0 Å². The number of furan rings is 1. The fourth-order valence-electron chi connectivity index (χ4n) is 0.669. The highest BCUT2D eigenvalue weighted by Gasteiger charge is 1.92. The molecule has 2 aromatic rings. The number of rotatable bonds is 0. The molecule has 0 fully saturated rings. The van der Waals surface area contributed by atoms with Gasteiger partial charge in [-0.1, -0.05) is 0 Å². The molecule has 0 saturated heterocycles. The van der Waals surface area contributed by atoms with Gasteiger partial charge in [0.05, 0.1) is 5.39 Å². The van der Waals surface area contributed by atoms with Gasteiger partial charge >= 0.3 is 0 Å². The van der Waals surface area contributed by atoms with Crippen molar-refractivity contribution in [3.63, 3.8) is 0 Å². The van der Waals surface area contributed by atoms with Crippen LogP contribution in [0.4, 0.5) is 0 Å². The fourth-order valence-corrected chi connectivity index (χ4v) is 0.669. The minimum atomic E-state index is 0.796. The first kappa shape index (κ1) is 4.49. The Bertz CT molecular complexity index is 285. The molecule has 0 spiro atoms. The van der Waals surface area contributed by atoms with Crippen LogP contribution in [0.3, 0.4) is 0 Å². The third-order valence-electron chi connectivity index (χ3n) is 1.10. The Morgan fingerprint density at radius 3 is 3.33 bits per heavy atom. The van der Waals surface area contributed by atoms with Crippen molar-refractivity contribution in [2.45, 2.75) is 0 Å². The van der Waals surface area contributed by atoms with Crippen molar-refractivity contribution in [3.05, 3.63) is 25.1 Å². The van der Waals surface area contributed by atoms with Crippen LogP contribution in [-0.4, -0.2) is 9.97 Å². The van der Waals surface area contributed by atoms with Crippen molar-refractivity contribution in [3.8, 4) is 0 Å². The molecule has 0 atom stereocenters. The van der Waals surface area contributed by atoms with E-state index in [0.717, 1.165) is 10.9 Å². The molecule has 0 N–H and O–H groups in total. The molecule has 0 amide bonds. The molecule has 0 unspecified atom stereocenters. The van der Waals surface area contributed by atoms with E-state index >= 15 is 0 Å². The van der Waals surface area contributed by atoms with Crippen molar-refractivity contribution in [1.82, 2.24) is 9.97 Å². The van der Waals surface area contributed by atoms with Crippen LogP contribution < -0.4 is 0 Å². The average molecular weight is 119 g/mol. The van der Waals surface area contributed by atoms with Crippen molar-refractivity contribution in [2.24, 2.45) is 0 Å². The van der Waals surface area contributed by atoms with Gasteiger partial charge in [0.25, 0.3) is 0 Å². The minimum Gasteiger partial charge on any atom is -0.470 e. The topological polar surface area (TPSA) is 38.9 Å². The van der Waals surface area contributed by atoms with Gasteiger partial charge in [-0.25, -0.2) is 9.97 Å². The number of hydrogen-bond donors (Lipinski definition) is 0. The third-order valence-corrected chi connectivity index (χ3v) is 1.10. The molecule has 0 aliphatic rings. The van der Waals surface area contributed by atoms with Gasteiger partial charge < -0.3 is 4.42 Å². The summed E-state index contributed by atoms with van der Waals surface area (Å²) in [6, 6.07) is 0. The Kier molecular flexibility index (Phi) is 0.773. The van der Waals surface area contributed by atoms with Crippen LogP contribution >= 0.6 is 0 Å². The minimum absolute atomic E-state index is 0.796. The standard InChI is InChI=1S/C6H3N2O/c1-5-2-9-3-6(5)8-4-7-1/h1-3H. The van der Waals surface area contributed by atoms with Crippen molar-refractivity contribution < 1.29 is 4.42 Å². The smallest absolute Gasteiger partial charge is 0.198 e. The van der Waals surface area contributed by atoms with E-state index in [0.29, 0.717) is 0 Å². The molecular weight excluding hydrogens is 116 g/mol. The molecule has 2 rings (SSSR count). The molecule has 3 nitrogen and oxygen atoms in total. The number of aromatic nitrogens is 2. The summed E-state index contributed by atoms with van der Waals surface area (Å²) >= 11 is 0. The zero-order chi connectivity index (χ0) is 6.10. The molecule has 43 valence electrons. The van der Waals surface area contributed by atoms with Crippen LogP contribution in [0, 0.1) is 6.33 Å². The largest absolute Gasteiger partial charge is 0.470 e. The second-order valence-electron chi connectivity index (χ2n) is 1.68. The molecule has 3 heteroatoms. The summed E-state index contributed by atoms with van der Waals surface area (Å²) in [6.45, 7) is 0. The lowest BCUT2D eigenvalue weighted by atomic mass is 10.4. The van der Waals surface area contributed by atoms with E-state index in [4.69, 9.17) is 4.42 Å². The third kappa shape index (κ3) is 0.579. The SMILES string of the molecule is [c]1ncc2cocc2n1. The lowest BCUT2D eigenvalue weighted by molar-refractivity contribution is 0.572. The maximum absolute atomic E-state index is 4.84. The summed E-state index contributed by atoms with van der Waals surface area (Å²) in [5, 5.41) is 0.911. The Morgan fingerprint density at radius 2 is 2.44 bits per heavy atom. The first-order valence-electron chi connectivity index (χ1n) is 2.52. The molecule has 2 aromatic heterocycles. The van der Waals surface area contributed by atoms with Crippen LogP contribution in [0.5, 0.6) is 0 Å². The van der Waals surface area contributed by atoms with E-state index in [1.54, 1.807) is 18.7 Å². The molecule has 9 heavy (non-hydrogen) atoms. The van der Waals surface area contributed by atoms with Crippen molar-refractivity contribution in [1.29, 1.82) is 0 Å². The lowest BCUT2D eigenvalue weighted by Crippen LogP contribution is -1.73. The molecule has 0 aliphatic heterocycles. The second kappa shape index (κ2) is 1.55. The van der Waals surface area contributed by atoms with Crippen LogP contribution in [0.25, 0.3) is 10.9 Å². The fraction of sp³-hybridized carbons (Fsp3) is 0. The van der Waals surface area contributed by atoms with Crippen LogP contribution in [-0.2, 0) is 0 Å². The quantitative estimate of drug-likeness (QED) is 0.519. The summed E-state index contributed by atoms with van der Waals surface area (Å²) in [6.07, 6.45) is 7.28. The average Bonchev–Trinajstić information content (AvgIpc) is 2.33. The van der Waals surface area contributed by atoms with Crippen molar-refractivity contribution in [2.75, 3.05) is 0 Å². The summed E-state index contributed by atoms with van der Waals surface area (Å²) in [5.41, 5.74) is 0.796. The van der Waals surface area contributed by atoms with E-state index < -0.39 is 0 Å². The van der Waals surface area contributed by atoms with Gasteiger partial charge in [0.1, 0.15) is 18.0 Å². The number of hydrogen-bond acceptors (Lipinski definition) is 3. The molecule has 1 radical (unpaired) electrons. The van der Waals surface area contributed by atoms with Crippen LogP contribution in [0.15, 0.2) is 23.1 Å². The van der Waals surface area contributed by atoms with E-state index in [2.05, 4.69) is 16.3 Å². The Morgan fingerprint density at radius 1 is 1.44 bits per heavy atom. The zero-order valence-electron chi connectivity index (χ0n) is 4.53. The van der Waals surface area contributed by atoms with Gasteiger partial charge in [-0.3, -0.25) is 0 Å².